The van der Waals surface area contributed by atoms with E-state index in [1.54, 1.807) is 6.33 Å². The lowest BCUT2D eigenvalue weighted by molar-refractivity contribution is 0.543. The summed E-state index contributed by atoms with van der Waals surface area (Å²) in [5, 5.41) is 0. The molecule has 5 heteroatoms. The molecule has 4 nitrogen and oxygen atoms in total. The van der Waals surface area contributed by atoms with Crippen LogP contribution in [0.1, 0.15) is 71.1 Å². The Morgan fingerprint density at radius 1 is 0.897 bits per heavy atom. The molecule has 0 aromatic heterocycles. The standard InChI is InChI=1S/C24H33N3S.H2O/c1-23(2,3)18-13-17(14-19(22(18)28)24(4,5)6)9-7-8-11-27-12-10-20-21(15-27)26-16-25-20;/h10,12-16,28H,7-9,11H2,1-6H3;1H2. The first-order valence-electron chi connectivity index (χ1n) is 10.2. The Hall–Kier alpha value is -1.85. The Kier molecular flexibility index (Phi) is 7.18. The third-order valence-electron chi connectivity index (χ3n) is 5.29. The van der Waals surface area contributed by atoms with E-state index >= 15 is 0 Å². The van der Waals surface area contributed by atoms with Crippen LogP contribution in [0.5, 0.6) is 0 Å². The van der Waals surface area contributed by atoms with Gasteiger partial charge in [-0.3, -0.25) is 0 Å². The summed E-state index contributed by atoms with van der Waals surface area (Å²) in [6.07, 6.45) is 9.22. The quantitative estimate of drug-likeness (QED) is 0.445. The molecule has 158 valence electrons. The van der Waals surface area contributed by atoms with Crippen LogP contribution in [-0.4, -0.2) is 20.0 Å². The number of benzene rings is 1. The van der Waals surface area contributed by atoms with Crippen LogP contribution in [-0.2, 0) is 23.8 Å². The van der Waals surface area contributed by atoms with E-state index < -0.39 is 0 Å². The maximum absolute atomic E-state index is 4.91. The van der Waals surface area contributed by atoms with Gasteiger partial charge in [0.2, 0.25) is 0 Å². The van der Waals surface area contributed by atoms with Gasteiger partial charge in [0.05, 0.1) is 5.69 Å². The molecule has 0 fully saturated rings. The van der Waals surface area contributed by atoms with Crippen LogP contribution >= 0.6 is 12.6 Å². The summed E-state index contributed by atoms with van der Waals surface area (Å²) in [6.45, 7) is 14.7. The summed E-state index contributed by atoms with van der Waals surface area (Å²) < 4.78 is 2.22. The van der Waals surface area contributed by atoms with Crippen molar-refractivity contribution >= 4 is 12.6 Å². The van der Waals surface area contributed by atoms with Crippen molar-refractivity contribution in [1.29, 1.82) is 0 Å². The molecule has 29 heavy (non-hydrogen) atoms. The Balaban J connectivity index is 0.00000300. The van der Waals surface area contributed by atoms with E-state index in [0.29, 0.717) is 0 Å². The summed E-state index contributed by atoms with van der Waals surface area (Å²) in [4.78, 5) is 9.67. The molecule has 0 atom stereocenters. The molecule has 2 heterocycles. The van der Waals surface area contributed by atoms with Gasteiger partial charge >= 0.3 is 0 Å². The minimum absolute atomic E-state index is 0. The number of unbranched alkanes of at least 4 members (excludes halogenated alkanes) is 1. The van der Waals surface area contributed by atoms with Crippen LogP contribution in [0, 0.1) is 0 Å². The lowest BCUT2D eigenvalue weighted by Gasteiger charge is -2.29. The zero-order valence-corrected chi connectivity index (χ0v) is 19.5. The largest absolute Gasteiger partial charge is 0.412 e. The zero-order chi connectivity index (χ0) is 20.5. The average molecular weight is 414 g/mol. The molecular formula is C24H35N3OS. The van der Waals surface area contributed by atoms with Crippen molar-refractivity contribution < 1.29 is 5.48 Å². The molecule has 0 amide bonds. The lowest BCUT2D eigenvalue weighted by Crippen LogP contribution is -2.19. The van der Waals surface area contributed by atoms with E-state index in [9.17, 15) is 0 Å². The van der Waals surface area contributed by atoms with Gasteiger partial charge in [-0.25, -0.2) is 9.97 Å². The van der Waals surface area contributed by atoms with E-state index in [-0.39, 0.29) is 16.3 Å². The van der Waals surface area contributed by atoms with Crippen molar-refractivity contribution in [3.8, 4) is 11.4 Å². The second kappa shape index (κ2) is 8.88. The van der Waals surface area contributed by atoms with Crippen LogP contribution < -0.4 is 0 Å². The smallest absolute Gasteiger partial charge is 0.116 e. The highest BCUT2D eigenvalue weighted by Gasteiger charge is 2.24. The SMILES string of the molecule is CC(C)(C)c1cc(CCCCn2ccc3ncnc-3c2)cc(C(C)(C)C)c1S.O. The minimum Gasteiger partial charge on any atom is -0.412 e. The average Bonchev–Trinajstić information content (AvgIpc) is 3.05. The number of hydrogen-bond acceptors (Lipinski definition) is 3. The second-order valence-corrected chi connectivity index (χ2v) is 10.3. The number of fused-ring (bicyclic) bond motifs is 1. The monoisotopic (exact) mass is 413 g/mol. The molecule has 3 rings (SSSR count). The fraction of sp³-hybridized carbons (Fsp3) is 0.500. The van der Waals surface area contributed by atoms with Gasteiger partial charge in [0.1, 0.15) is 12.0 Å². The van der Waals surface area contributed by atoms with Crippen LogP contribution in [0.2, 0.25) is 0 Å². The van der Waals surface area contributed by atoms with Crippen molar-refractivity contribution in [2.24, 2.45) is 0 Å². The molecule has 0 saturated heterocycles. The van der Waals surface area contributed by atoms with Crippen LogP contribution in [0.4, 0.5) is 0 Å². The highest BCUT2D eigenvalue weighted by Crippen LogP contribution is 2.37. The van der Waals surface area contributed by atoms with E-state index in [1.807, 2.05) is 6.07 Å². The lowest BCUT2D eigenvalue weighted by atomic mass is 9.79. The van der Waals surface area contributed by atoms with Gasteiger partial charge in [0, 0.05) is 23.8 Å². The zero-order valence-electron chi connectivity index (χ0n) is 18.6. The number of pyridine rings is 1. The minimum atomic E-state index is 0. The fourth-order valence-electron chi connectivity index (χ4n) is 3.62. The molecule has 0 radical (unpaired) electrons. The third kappa shape index (κ3) is 5.61. The molecule has 1 aromatic rings. The van der Waals surface area contributed by atoms with E-state index in [2.05, 4.69) is 80.6 Å². The van der Waals surface area contributed by atoms with Crippen LogP contribution in [0.15, 0.2) is 41.8 Å². The first kappa shape index (κ1) is 23.4. The number of rotatable bonds is 5. The van der Waals surface area contributed by atoms with Gasteiger partial charge in [0.15, 0.2) is 0 Å². The van der Waals surface area contributed by atoms with Crippen molar-refractivity contribution in [2.75, 3.05) is 0 Å². The Labute approximate surface area is 180 Å². The highest BCUT2D eigenvalue weighted by molar-refractivity contribution is 7.80. The van der Waals surface area contributed by atoms with Crippen molar-refractivity contribution in [3.63, 3.8) is 0 Å². The molecule has 2 aliphatic rings. The predicted octanol–water partition coefficient (Wildman–Crippen LogP) is 5.46. The maximum atomic E-state index is 4.91. The topological polar surface area (TPSA) is 62.2 Å². The summed E-state index contributed by atoms with van der Waals surface area (Å²) in [5.41, 5.74) is 6.26. The molecular weight excluding hydrogens is 378 g/mol. The number of hydrogen-bond donors (Lipinski definition) is 1. The molecule has 0 bridgehead atoms. The molecule has 2 N–H and O–H groups in total. The number of aromatic nitrogens is 3. The summed E-state index contributed by atoms with van der Waals surface area (Å²) in [5.74, 6) is 0. The van der Waals surface area contributed by atoms with Crippen LogP contribution in [0.25, 0.3) is 11.4 Å². The number of imidazole rings is 1. The summed E-state index contributed by atoms with van der Waals surface area (Å²) in [7, 11) is 0. The Morgan fingerprint density at radius 2 is 1.48 bits per heavy atom. The van der Waals surface area contributed by atoms with Gasteiger partial charge in [-0.05, 0) is 52.8 Å². The van der Waals surface area contributed by atoms with Gasteiger partial charge in [0.25, 0.3) is 0 Å². The highest BCUT2D eigenvalue weighted by atomic mass is 32.1. The number of thiol groups is 1. The maximum Gasteiger partial charge on any atom is 0.116 e. The third-order valence-corrected chi connectivity index (χ3v) is 5.77. The van der Waals surface area contributed by atoms with Crippen molar-refractivity contribution in [2.45, 2.75) is 83.1 Å². The van der Waals surface area contributed by atoms with Gasteiger partial charge in [-0.15, -0.1) is 12.6 Å². The fourth-order valence-corrected chi connectivity index (χ4v) is 4.42. The number of nitrogens with zero attached hydrogens (tertiary/aromatic N) is 3. The van der Waals surface area contributed by atoms with E-state index in [4.69, 9.17) is 12.6 Å². The number of aryl methyl sites for hydroxylation is 2. The molecule has 0 spiro atoms. The van der Waals surface area contributed by atoms with Crippen molar-refractivity contribution in [1.82, 2.24) is 14.5 Å². The molecule has 2 aliphatic heterocycles. The predicted molar refractivity (Wildman–Crippen MR) is 124 cm³/mol. The van der Waals surface area contributed by atoms with E-state index in [0.717, 1.165) is 42.1 Å². The first-order valence-corrected chi connectivity index (χ1v) is 10.6. The second-order valence-electron chi connectivity index (χ2n) is 9.82. The van der Waals surface area contributed by atoms with E-state index in [1.165, 1.54) is 16.7 Å². The normalized spacial score (nSPS) is 12.2. The Morgan fingerprint density at radius 3 is 2.07 bits per heavy atom. The molecule has 0 aliphatic carbocycles. The molecule has 0 saturated carbocycles. The van der Waals surface area contributed by atoms with Crippen LogP contribution in [0.3, 0.4) is 0 Å². The van der Waals surface area contributed by atoms with Gasteiger partial charge in [-0.2, -0.15) is 0 Å². The Bertz CT molecular complexity index is 883. The summed E-state index contributed by atoms with van der Waals surface area (Å²) in [6, 6.07) is 6.78. The summed E-state index contributed by atoms with van der Waals surface area (Å²) >= 11 is 4.91. The van der Waals surface area contributed by atoms with Gasteiger partial charge < -0.3 is 10.0 Å². The molecule has 1 aromatic carbocycles. The molecule has 0 unspecified atom stereocenters. The van der Waals surface area contributed by atoms with Gasteiger partial charge in [-0.1, -0.05) is 53.7 Å². The first-order chi connectivity index (χ1) is 13.1. The van der Waals surface area contributed by atoms with Crippen molar-refractivity contribution in [3.05, 3.63) is 53.6 Å².